The molecule has 0 aliphatic carbocycles. The maximum atomic E-state index is 14.3. The van der Waals surface area contributed by atoms with Crippen LogP contribution >= 0.6 is 15.9 Å². The highest BCUT2D eigenvalue weighted by molar-refractivity contribution is 9.10. The standard InChI is InChI=1S/C22H24BrFN4O3/c1-30-20-9-16-19(10-21(20)31-11-14-4-6-28(13-29)7-5-14)25-12-26-22(16)27-18-3-2-15(23)8-17(18)24/h2-3,8-10,12,14,29H,4-7,11,13H2,1H3,(H,25,26,27). The maximum Gasteiger partial charge on any atom is 0.163 e. The van der Waals surface area contributed by atoms with E-state index in [9.17, 15) is 9.50 Å². The molecular formula is C22H24BrFN4O3. The molecule has 3 aromatic rings. The van der Waals surface area contributed by atoms with Crippen LogP contribution in [0.15, 0.2) is 41.1 Å². The molecule has 1 aromatic heterocycles. The van der Waals surface area contributed by atoms with Gasteiger partial charge in [0.15, 0.2) is 11.5 Å². The van der Waals surface area contributed by atoms with Crippen molar-refractivity contribution in [2.24, 2.45) is 5.92 Å². The zero-order chi connectivity index (χ0) is 21.8. The molecule has 7 nitrogen and oxygen atoms in total. The van der Waals surface area contributed by atoms with Gasteiger partial charge >= 0.3 is 0 Å². The predicted octanol–water partition coefficient (Wildman–Crippen LogP) is 4.32. The van der Waals surface area contributed by atoms with Gasteiger partial charge in [0.25, 0.3) is 0 Å². The van der Waals surface area contributed by atoms with Gasteiger partial charge < -0.3 is 19.9 Å². The largest absolute Gasteiger partial charge is 0.493 e. The molecule has 164 valence electrons. The van der Waals surface area contributed by atoms with E-state index >= 15 is 0 Å². The van der Waals surface area contributed by atoms with E-state index < -0.39 is 0 Å². The average molecular weight is 491 g/mol. The van der Waals surface area contributed by atoms with Gasteiger partial charge in [0.1, 0.15) is 18.0 Å². The lowest BCUT2D eigenvalue weighted by molar-refractivity contribution is 0.0619. The Morgan fingerprint density at radius 3 is 2.71 bits per heavy atom. The number of ether oxygens (including phenoxy) is 2. The van der Waals surface area contributed by atoms with E-state index in [-0.39, 0.29) is 12.5 Å². The topological polar surface area (TPSA) is 79.7 Å². The summed E-state index contributed by atoms with van der Waals surface area (Å²) in [5.74, 6) is 1.69. The molecule has 2 aromatic carbocycles. The van der Waals surface area contributed by atoms with Crippen molar-refractivity contribution in [2.75, 3.05) is 38.9 Å². The van der Waals surface area contributed by atoms with E-state index in [0.29, 0.717) is 50.9 Å². The fourth-order valence-corrected chi connectivity index (χ4v) is 3.99. The van der Waals surface area contributed by atoms with Gasteiger partial charge in [0.2, 0.25) is 0 Å². The Balaban J connectivity index is 1.55. The molecule has 0 amide bonds. The number of fused-ring (bicyclic) bond motifs is 1. The van der Waals surface area contributed by atoms with Gasteiger partial charge in [-0.3, -0.25) is 4.90 Å². The van der Waals surface area contributed by atoms with Gasteiger partial charge in [-0.15, -0.1) is 0 Å². The number of benzene rings is 2. The first-order chi connectivity index (χ1) is 15.1. The zero-order valence-corrected chi connectivity index (χ0v) is 18.7. The molecule has 1 fully saturated rings. The van der Waals surface area contributed by atoms with E-state index in [0.717, 1.165) is 25.9 Å². The number of hydrogen-bond donors (Lipinski definition) is 2. The molecule has 2 N–H and O–H groups in total. The summed E-state index contributed by atoms with van der Waals surface area (Å²) in [6, 6.07) is 8.42. The summed E-state index contributed by atoms with van der Waals surface area (Å²) in [6.07, 6.45) is 3.39. The van der Waals surface area contributed by atoms with Crippen molar-refractivity contribution in [3.8, 4) is 11.5 Å². The smallest absolute Gasteiger partial charge is 0.163 e. The van der Waals surface area contributed by atoms with E-state index in [4.69, 9.17) is 9.47 Å². The Kier molecular flexibility index (Phi) is 6.84. The minimum atomic E-state index is -0.389. The predicted molar refractivity (Wildman–Crippen MR) is 120 cm³/mol. The van der Waals surface area contributed by atoms with Crippen LogP contribution in [0.25, 0.3) is 10.9 Å². The number of aliphatic hydroxyl groups excluding tert-OH is 1. The first kappa shape index (κ1) is 21.7. The van der Waals surface area contributed by atoms with Crippen LogP contribution in [-0.2, 0) is 0 Å². The first-order valence-electron chi connectivity index (χ1n) is 10.1. The van der Waals surface area contributed by atoms with Crippen LogP contribution in [-0.4, -0.2) is 53.5 Å². The molecule has 9 heteroatoms. The minimum absolute atomic E-state index is 0.103. The first-order valence-corrected chi connectivity index (χ1v) is 10.9. The summed E-state index contributed by atoms with van der Waals surface area (Å²) in [6.45, 7) is 2.41. The molecule has 2 heterocycles. The second-order valence-corrected chi connectivity index (χ2v) is 8.42. The zero-order valence-electron chi connectivity index (χ0n) is 17.1. The van der Waals surface area contributed by atoms with Crippen molar-refractivity contribution < 1.29 is 19.0 Å². The normalized spacial score (nSPS) is 15.2. The number of aromatic nitrogens is 2. The number of rotatable bonds is 7. The summed E-state index contributed by atoms with van der Waals surface area (Å²) >= 11 is 3.26. The molecule has 0 spiro atoms. The molecule has 31 heavy (non-hydrogen) atoms. The van der Waals surface area contributed by atoms with Gasteiger partial charge in [-0.05, 0) is 43.0 Å². The van der Waals surface area contributed by atoms with Crippen molar-refractivity contribution in [3.63, 3.8) is 0 Å². The van der Waals surface area contributed by atoms with Crippen LogP contribution in [0, 0.1) is 11.7 Å². The maximum absolute atomic E-state index is 14.3. The lowest BCUT2D eigenvalue weighted by Gasteiger charge is -2.30. The van der Waals surface area contributed by atoms with Crippen molar-refractivity contribution in [3.05, 3.63) is 46.9 Å². The van der Waals surface area contributed by atoms with Crippen LogP contribution in [0.2, 0.25) is 0 Å². The highest BCUT2D eigenvalue weighted by atomic mass is 79.9. The Hall–Kier alpha value is -2.49. The average Bonchev–Trinajstić information content (AvgIpc) is 2.79. The number of likely N-dealkylation sites (tertiary alicyclic amines) is 1. The summed E-state index contributed by atoms with van der Waals surface area (Å²) in [7, 11) is 1.58. The number of nitrogens with zero attached hydrogens (tertiary/aromatic N) is 3. The number of piperidine rings is 1. The highest BCUT2D eigenvalue weighted by Crippen LogP contribution is 2.35. The highest BCUT2D eigenvalue weighted by Gasteiger charge is 2.20. The van der Waals surface area contributed by atoms with E-state index in [2.05, 4.69) is 31.2 Å². The summed E-state index contributed by atoms with van der Waals surface area (Å²) in [5, 5.41) is 13.0. The van der Waals surface area contributed by atoms with E-state index in [1.54, 1.807) is 25.3 Å². The SMILES string of the molecule is COc1cc2c(Nc3ccc(Br)cc3F)ncnc2cc1OCC1CCN(CO)CC1. The molecular weight excluding hydrogens is 467 g/mol. The molecule has 4 rings (SSSR count). The molecule has 0 radical (unpaired) electrons. The van der Waals surface area contributed by atoms with Crippen molar-refractivity contribution in [1.82, 2.24) is 14.9 Å². The van der Waals surface area contributed by atoms with Crippen LogP contribution in [0.4, 0.5) is 15.9 Å². The third-order valence-electron chi connectivity index (χ3n) is 5.49. The van der Waals surface area contributed by atoms with Crippen LogP contribution < -0.4 is 14.8 Å². The van der Waals surface area contributed by atoms with Gasteiger partial charge in [-0.1, -0.05) is 15.9 Å². The second-order valence-electron chi connectivity index (χ2n) is 7.51. The van der Waals surface area contributed by atoms with Crippen molar-refractivity contribution in [2.45, 2.75) is 12.8 Å². The van der Waals surface area contributed by atoms with Crippen LogP contribution in [0.3, 0.4) is 0 Å². The monoisotopic (exact) mass is 490 g/mol. The Morgan fingerprint density at radius 2 is 2.00 bits per heavy atom. The second kappa shape index (κ2) is 9.76. The number of halogens is 2. The Morgan fingerprint density at radius 1 is 1.19 bits per heavy atom. The van der Waals surface area contributed by atoms with Gasteiger partial charge in [0, 0.05) is 29.0 Å². The van der Waals surface area contributed by atoms with Gasteiger partial charge in [-0.2, -0.15) is 0 Å². The third-order valence-corrected chi connectivity index (χ3v) is 5.98. The molecule has 1 aliphatic heterocycles. The van der Waals surface area contributed by atoms with Crippen LogP contribution in [0.1, 0.15) is 12.8 Å². The lowest BCUT2D eigenvalue weighted by Crippen LogP contribution is -2.36. The van der Waals surface area contributed by atoms with E-state index in [1.165, 1.54) is 12.4 Å². The van der Waals surface area contributed by atoms with Crippen molar-refractivity contribution >= 4 is 38.3 Å². The summed E-state index contributed by atoms with van der Waals surface area (Å²) < 4.78 is 26.6. The molecule has 0 bridgehead atoms. The number of methoxy groups -OCH3 is 1. The van der Waals surface area contributed by atoms with E-state index in [1.807, 2.05) is 11.0 Å². The quantitative estimate of drug-likeness (QED) is 0.510. The lowest BCUT2D eigenvalue weighted by atomic mass is 9.98. The minimum Gasteiger partial charge on any atom is -0.493 e. The third kappa shape index (κ3) is 5.06. The fourth-order valence-electron chi connectivity index (χ4n) is 3.66. The molecule has 1 aliphatic rings. The number of aliphatic hydroxyl groups is 1. The number of nitrogens with one attached hydrogen (secondary N) is 1. The van der Waals surface area contributed by atoms with Crippen molar-refractivity contribution in [1.29, 1.82) is 0 Å². The Labute approximate surface area is 188 Å². The molecule has 0 atom stereocenters. The number of hydrogen-bond acceptors (Lipinski definition) is 7. The molecule has 0 unspecified atom stereocenters. The van der Waals surface area contributed by atoms with Gasteiger partial charge in [-0.25, -0.2) is 14.4 Å². The summed E-state index contributed by atoms with van der Waals surface area (Å²) in [4.78, 5) is 10.7. The summed E-state index contributed by atoms with van der Waals surface area (Å²) in [5.41, 5.74) is 0.984. The fraction of sp³-hybridized carbons (Fsp3) is 0.364. The van der Waals surface area contributed by atoms with Gasteiger partial charge in [0.05, 0.1) is 31.7 Å². The molecule has 0 saturated carbocycles. The number of anilines is 2. The Bertz CT molecular complexity index is 1060. The van der Waals surface area contributed by atoms with Crippen LogP contribution in [0.5, 0.6) is 11.5 Å². The molecule has 1 saturated heterocycles.